The molecule has 0 aliphatic heterocycles. The van der Waals surface area contributed by atoms with Gasteiger partial charge < -0.3 is 10.1 Å². The van der Waals surface area contributed by atoms with Crippen molar-refractivity contribution in [2.24, 2.45) is 0 Å². The van der Waals surface area contributed by atoms with Crippen LogP contribution in [-0.2, 0) is 14.3 Å². The van der Waals surface area contributed by atoms with Gasteiger partial charge in [0.25, 0.3) is 0 Å². The molecule has 0 saturated carbocycles. The van der Waals surface area contributed by atoms with Crippen LogP contribution in [0.5, 0.6) is 0 Å². The lowest BCUT2D eigenvalue weighted by atomic mass is 10.3. The standard InChI is InChI=1S/C8H12NO3/c1-4-5-12-8(11)6(2)9-7(3)10/h4,6H,1-2,5H2,3H3,(H,9,10). The highest BCUT2D eigenvalue weighted by Crippen LogP contribution is 1.87. The molecule has 67 valence electrons. The maximum atomic E-state index is 10.9. The quantitative estimate of drug-likeness (QED) is 0.479. The molecule has 0 aromatic heterocycles. The fourth-order valence-corrected chi connectivity index (χ4v) is 0.546. The summed E-state index contributed by atoms with van der Waals surface area (Å²) in [6.07, 6.45) is 1.44. The van der Waals surface area contributed by atoms with Crippen molar-refractivity contribution in [3.05, 3.63) is 19.6 Å². The Balaban J connectivity index is 3.76. The van der Waals surface area contributed by atoms with Gasteiger partial charge in [0.05, 0.1) is 0 Å². The van der Waals surface area contributed by atoms with Crippen molar-refractivity contribution in [1.82, 2.24) is 5.32 Å². The van der Waals surface area contributed by atoms with E-state index in [2.05, 4.69) is 23.6 Å². The lowest BCUT2D eigenvalue weighted by molar-refractivity contribution is -0.145. The topological polar surface area (TPSA) is 55.4 Å². The van der Waals surface area contributed by atoms with E-state index in [4.69, 9.17) is 0 Å². The molecule has 1 unspecified atom stereocenters. The third kappa shape index (κ3) is 4.49. The highest BCUT2D eigenvalue weighted by molar-refractivity contribution is 5.83. The second-order valence-corrected chi connectivity index (χ2v) is 2.17. The molecule has 0 heterocycles. The number of rotatable bonds is 4. The minimum atomic E-state index is -0.845. The average Bonchev–Trinajstić information content (AvgIpc) is 1.98. The van der Waals surface area contributed by atoms with E-state index in [1.54, 1.807) is 0 Å². The van der Waals surface area contributed by atoms with Crippen LogP contribution in [0.15, 0.2) is 12.7 Å². The molecule has 0 rings (SSSR count). The zero-order valence-electron chi connectivity index (χ0n) is 7.00. The monoisotopic (exact) mass is 170 g/mol. The summed E-state index contributed by atoms with van der Waals surface area (Å²) in [4.78, 5) is 21.3. The SMILES string of the molecule is [CH2]C(NC(C)=O)C(=O)OCC=C. The second kappa shape index (κ2) is 5.35. The van der Waals surface area contributed by atoms with E-state index >= 15 is 0 Å². The van der Waals surface area contributed by atoms with Gasteiger partial charge in [0.15, 0.2) is 0 Å². The zero-order valence-corrected chi connectivity index (χ0v) is 7.00. The Bertz CT molecular complexity index is 189. The van der Waals surface area contributed by atoms with Crippen molar-refractivity contribution < 1.29 is 14.3 Å². The molecule has 0 aromatic carbocycles. The number of nitrogens with one attached hydrogen (secondary N) is 1. The summed E-state index contributed by atoms with van der Waals surface area (Å²) in [6.45, 7) is 8.19. The van der Waals surface area contributed by atoms with Gasteiger partial charge >= 0.3 is 5.97 Å². The van der Waals surface area contributed by atoms with E-state index in [1.165, 1.54) is 13.0 Å². The smallest absolute Gasteiger partial charge is 0.328 e. The zero-order chi connectivity index (χ0) is 9.56. The van der Waals surface area contributed by atoms with E-state index in [1.807, 2.05) is 0 Å². The Morgan fingerprint density at radius 2 is 2.25 bits per heavy atom. The maximum absolute atomic E-state index is 10.9. The molecule has 4 heteroatoms. The Morgan fingerprint density at radius 3 is 2.67 bits per heavy atom. The molecule has 0 aliphatic carbocycles. The lowest BCUT2D eigenvalue weighted by Gasteiger charge is -2.10. The average molecular weight is 170 g/mol. The molecule has 1 radical (unpaired) electrons. The highest BCUT2D eigenvalue weighted by atomic mass is 16.5. The maximum Gasteiger partial charge on any atom is 0.328 e. The molecule has 0 bridgehead atoms. The van der Waals surface area contributed by atoms with Gasteiger partial charge in [-0.05, 0) is 6.92 Å². The van der Waals surface area contributed by atoms with Crippen LogP contribution in [0.2, 0.25) is 0 Å². The minimum Gasteiger partial charge on any atom is -0.460 e. The molecule has 0 spiro atoms. The molecule has 0 aliphatic rings. The summed E-state index contributed by atoms with van der Waals surface area (Å²) in [7, 11) is 0. The van der Waals surface area contributed by atoms with Gasteiger partial charge in [-0.2, -0.15) is 0 Å². The molecular formula is C8H12NO3. The predicted octanol–water partition coefficient (Wildman–Crippen LogP) is 0.0544. The van der Waals surface area contributed by atoms with Crippen LogP contribution in [0, 0.1) is 6.92 Å². The predicted molar refractivity (Wildman–Crippen MR) is 44.1 cm³/mol. The molecule has 12 heavy (non-hydrogen) atoms. The minimum absolute atomic E-state index is 0.129. The summed E-state index contributed by atoms with van der Waals surface area (Å²) in [5.41, 5.74) is 0. The number of carbonyl (C=O) groups is 2. The molecule has 0 saturated heterocycles. The Labute approximate surface area is 71.6 Å². The number of amides is 1. The van der Waals surface area contributed by atoms with E-state index in [0.717, 1.165) is 0 Å². The second-order valence-electron chi connectivity index (χ2n) is 2.17. The van der Waals surface area contributed by atoms with Gasteiger partial charge in [-0.3, -0.25) is 4.79 Å². The summed E-state index contributed by atoms with van der Waals surface area (Å²) in [6, 6.07) is -0.845. The van der Waals surface area contributed by atoms with Gasteiger partial charge in [-0.15, -0.1) is 0 Å². The van der Waals surface area contributed by atoms with Crippen LogP contribution < -0.4 is 5.32 Å². The van der Waals surface area contributed by atoms with Gasteiger partial charge in [0.2, 0.25) is 5.91 Å². The Morgan fingerprint density at radius 1 is 1.67 bits per heavy atom. The molecule has 1 N–H and O–H groups in total. The van der Waals surface area contributed by atoms with Crippen LogP contribution in [0.3, 0.4) is 0 Å². The molecule has 0 fully saturated rings. The van der Waals surface area contributed by atoms with Gasteiger partial charge in [0, 0.05) is 6.92 Å². The van der Waals surface area contributed by atoms with Crippen molar-refractivity contribution in [3.63, 3.8) is 0 Å². The van der Waals surface area contributed by atoms with Crippen LogP contribution in [0.4, 0.5) is 0 Å². The van der Waals surface area contributed by atoms with Crippen LogP contribution >= 0.6 is 0 Å². The van der Waals surface area contributed by atoms with Crippen molar-refractivity contribution in [2.75, 3.05) is 6.61 Å². The van der Waals surface area contributed by atoms with Crippen molar-refractivity contribution >= 4 is 11.9 Å². The fraction of sp³-hybridized carbons (Fsp3) is 0.375. The number of ether oxygens (including phenoxy) is 1. The van der Waals surface area contributed by atoms with E-state index in [0.29, 0.717) is 0 Å². The third-order valence-corrected chi connectivity index (χ3v) is 1.01. The van der Waals surface area contributed by atoms with Crippen LogP contribution in [0.25, 0.3) is 0 Å². The van der Waals surface area contributed by atoms with Crippen molar-refractivity contribution in [2.45, 2.75) is 13.0 Å². The largest absolute Gasteiger partial charge is 0.460 e. The number of esters is 1. The molecule has 1 atom stereocenters. The molecule has 1 amide bonds. The summed E-state index contributed by atoms with van der Waals surface area (Å²) in [5, 5.41) is 2.29. The van der Waals surface area contributed by atoms with E-state index in [-0.39, 0.29) is 12.5 Å². The number of hydrogen-bond acceptors (Lipinski definition) is 3. The first-order valence-corrected chi connectivity index (χ1v) is 3.45. The van der Waals surface area contributed by atoms with Gasteiger partial charge in [-0.1, -0.05) is 12.7 Å². The summed E-state index contributed by atoms with van der Waals surface area (Å²) >= 11 is 0. The number of hydrogen-bond donors (Lipinski definition) is 1. The first-order chi connectivity index (χ1) is 5.57. The third-order valence-electron chi connectivity index (χ3n) is 1.01. The van der Waals surface area contributed by atoms with Gasteiger partial charge in [-0.25, -0.2) is 4.79 Å². The van der Waals surface area contributed by atoms with Crippen molar-refractivity contribution in [1.29, 1.82) is 0 Å². The fourth-order valence-electron chi connectivity index (χ4n) is 0.546. The highest BCUT2D eigenvalue weighted by Gasteiger charge is 2.13. The first kappa shape index (κ1) is 10.7. The molecule has 0 aromatic rings. The normalized spacial score (nSPS) is 11.5. The molecular weight excluding hydrogens is 158 g/mol. The van der Waals surface area contributed by atoms with Crippen LogP contribution in [0.1, 0.15) is 6.92 Å². The summed E-state index contributed by atoms with van der Waals surface area (Å²) in [5.74, 6) is -0.879. The first-order valence-electron chi connectivity index (χ1n) is 3.45. The number of carbonyl (C=O) groups excluding carboxylic acids is 2. The molecule has 4 nitrogen and oxygen atoms in total. The van der Waals surface area contributed by atoms with Crippen LogP contribution in [-0.4, -0.2) is 24.5 Å². The summed E-state index contributed by atoms with van der Waals surface area (Å²) < 4.78 is 4.62. The Kier molecular flexibility index (Phi) is 4.76. The Hall–Kier alpha value is -1.32. The van der Waals surface area contributed by atoms with Crippen molar-refractivity contribution in [3.8, 4) is 0 Å². The lowest BCUT2D eigenvalue weighted by Crippen LogP contribution is -2.38. The van der Waals surface area contributed by atoms with E-state index < -0.39 is 12.0 Å². The van der Waals surface area contributed by atoms with Gasteiger partial charge in [0.1, 0.15) is 12.6 Å². The van der Waals surface area contributed by atoms with E-state index in [9.17, 15) is 9.59 Å².